The highest BCUT2D eigenvalue weighted by Crippen LogP contribution is 2.17. The molecule has 0 aromatic heterocycles. The SMILES string of the molecule is CCC(CC)C(=O)N1CCN(C2CCNCC2)CC1. The van der Waals surface area contributed by atoms with Crippen molar-refractivity contribution >= 4 is 5.91 Å². The number of hydrogen-bond acceptors (Lipinski definition) is 3. The smallest absolute Gasteiger partial charge is 0.225 e. The van der Waals surface area contributed by atoms with Crippen LogP contribution in [0.25, 0.3) is 0 Å². The molecular weight excluding hydrogens is 238 g/mol. The molecule has 2 aliphatic heterocycles. The van der Waals surface area contributed by atoms with Crippen LogP contribution < -0.4 is 5.32 Å². The van der Waals surface area contributed by atoms with Crippen LogP contribution in [0.15, 0.2) is 0 Å². The Morgan fingerprint density at radius 3 is 2.21 bits per heavy atom. The molecule has 1 N–H and O–H groups in total. The Kier molecular flexibility index (Phi) is 5.64. The van der Waals surface area contributed by atoms with Gasteiger partial charge in [-0.1, -0.05) is 13.8 Å². The van der Waals surface area contributed by atoms with Crippen molar-refractivity contribution < 1.29 is 4.79 Å². The lowest BCUT2D eigenvalue weighted by Crippen LogP contribution is -2.54. The van der Waals surface area contributed by atoms with Crippen LogP contribution in [-0.2, 0) is 4.79 Å². The number of carbonyl (C=O) groups is 1. The van der Waals surface area contributed by atoms with E-state index in [4.69, 9.17) is 0 Å². The van der Waals surface area contributed by atoms with E-state index in [9.17, 15) is 4.79 Å². The Balaban J connectivity index is 1.79. The molecule has 0 aliphatic carbocycles. The first-order valence-electron chi connectivity index (χ1n) is 7.99. The van der Waals surface area contributed by atoms with Gasteiger partial charge >= 0.3 is 0 Å². The highest BCUT2D eigenvalue weighted by atomic mass is 16.2. The van der Waals surface area contributed by atoms with Gasteiger partial charge in [-0.3, -0.25) is 9.69 Å². The van der Waals surface area contributed by atoms with E-state index in [1.165, 1.54) is 12.8 Å². The third-order valence-electron chi connectivity index (χ3n) is 4.79. The van der Waals surface area contributed by atoms with Crippen molar-refractivity contribution in [3.8, 4) is 0 Å². The van der Waals surface area contributed by atoms with Gasteiger partial charge in [0.1, 0.15) is 0 Å². The minimum absolute atomic E-state index is 0.241. The van der Waals surface area contributed by atoms with Crippen LogP contribution in [0, 0.1) is 5.92 Å². The zero-order valence-electron chi connectivity index (χ0n) is 12.5. The lowest BCUT2D eigenvalue weighted by atomic mass is 10.0. The lowest BCUT2D eigenvalue weighted by Gasteiger charge is -2.41. The molecule has 110 valence electrons. The first kappa shape index (κ1) is 14.8. The van der Waals surface area contributed by atoms with Gasteiger partial charge in [-0.2, -0.15) is 0 Å². The average Bonchev–Trinajstić information content (AvgIpc) is 2.49. The van der Waals surface area contributed by atoms with E-state index in [0.29, 0.717) is 5.91 Å². The number of rotatable bonds is 4. The number of amides is 1. The van der Waals surface area contributed by atoms with Gasteiger partial charge in [0.25, 0.3) is 0 Å². The van der Waals surface area contributed by atoms with E-state index in [1.807, 2.05) is 0 Å². The van der Waals surface area contributed by atoms with Crippen molar-refractivity contribution in [2.24, 2.45) is 5.92 Å². The molecule has 2 saturated heterocycles. The summed E-state index contributed by atoms with van der Waals surface area (Å²) in [6.45, 7) is 10.5. The number of hydrogen-bond donors (Lipinski definition) is 1. The molecule has 1 amide bonds. The van der Waals surface area contributed by atoms with Crippen molar-refractivity contribution in [1.29, 1.82) is 0 Å². The van der Waals surface area contributed by atoms with Gasteiger partial charge in [-0.15, -0.1) is 0 Å². The van der Waals surface area contributed by atoms with Crippen molar-refractivity contribution in [1.82, 2.24) is 15.1 Å². The van der Waals surface area contributed by atoms with Crippen LogP contribution in [0.4, 0.5) is 0 Å². The standard InChI is InChI=1S/C15H29N3O/c1-3-13(4-2)15(19)18-11-9-17(10-12-18)14-5-7-16-8-6-14/h13-14,16H,3-12H2,1-2H3. The van der Waals surface area contributed by atoms with E-state index in [0.717, 1.165) is 58.2 Å². The quantitative estimate of drug-likeness (QED) is 0.834. The normalized spacial score (nSPS) is 23.0. The Morgan fingerprint density at radius 2 is 1.68 bits per heavy atom. The van der Waals surface area contributed by atoms with E-state index in [-0.39, 0.29) is 5.92 Å². The number of nitrogens with one attached hydrogen (secondary N) is 1. The highest BCUT2D eigenvalue weighted by molar-refractivity contribution is 5.78. The summed E-state index contributed by atoms with van der Waals surface area (Å²) >= 11 is 0. The molecule has 0 saturated carbocycles. The zero-order valence-corrected chi connectivity index (χ0v) is 12.5. The van der Waals surface area contributed by atoms with Gasteiger partial charge in [0.2, 0.25) is 5.91 Å². The first-order valence-corrected chi connectivity index (χ1v) is 7.99. The van der Waals surface area contributed by atoms with Gasteiger partial charge in [-0.05, 0) is 38.8 Å². The number of piperazine rings is 1. The summed E-state index contributed by atoms with van der Waals surface area (Å²) in [6, 6.07) is 0.742. The molecule has 0 atom stereocenters. The Labute approximate surface area is 117 Å². The molecule has 2 heterocycles. The number of nitrogens with zero attached hydrogens (tertiary/aromatic N) is 2. The maximum Gasteiger partial charge on any atom is 0.225 e. The molecule has 0 radical (unpaired) electrons. The molecular formula is C15H29N3O. The van der Waals surface area contributed by atoms with Crippen LogP contribution in [0.5, 0.6) is 0 Å². The summed E-state index contributed by atoms with van der Waals surface area (Å²) in [5.41, 5.74) is 0. The largest absolute Gasteiger partial charge is 0.340 e. The monoisotopic (exact) mass is 267 g/mol. The molecule has 0 unspecified atom stereocenters. The third-order valence-corrected chi connectivity index (χ3v) is 4.79. The molecule has 19 heavy (non-hydrogen) atoms. The Morgan fingerprint density at radius 1 is 1.11 bits per heavy atom. The maximum absolute atomic E-state index is 12.3. The molecule has 0 aromatic carbocycles. The van der Waals surface area contributed by atoms with E-state index < -0.39 is 0 Å². The van der Waals surface area contributed by atoms with Crippen LogP contribution in [-0.4, -0.2) is 61.0 Å². The third kappa shape index (κ3) is 3.69. The molecule has 0 aromatic rings. The van der Waals surface area contributed by atoms with Gasteiger partial charge in [0.05, 0.1) is 0 Å². The van der Waals surface area contributed by atoms with Crippen LogP contribution in [0.1, 0.15) is 39.5 Å². The minimum Gasteiger partial charge on any atom is -0.340 e. The lowest BCUT2D eigenvalue weighted by molar-refractivity contribution is -0.138. The number of piperidine rings is 1. The Bertz CT molecular complexity index is 277. The molecule has 4 nitrogen and oxygen atoms in total. The van der Waals surface area contributed by atoms with Crippen molar-refractivity contribution in [2.75, 3.05) is 39.3 Å². The van der Waals surface area contributed by atoms with Crippen LogP contribution >= 0.6 is 0 Å². The molecule has 4 heteroatoms. The highest BCUT2D eigenvalue weighted by Gasteiger charge is 2.28. The predicted molar refractivity (Wildman–Crippen MR) is 78.1 cm³/mol. The number of carbonyl (C=O) groups excluding carboxylic acids is 1. The van der Waals surface area contributed by atoms with Gasteiger partial charge < -0.3 is 10.2 Å². The summed E-state index contributed by atoms with van der Waals surface area (Å²) in [5, 5.41) is 3.42. The fourth-order valence-corrected chi connectivity index (χ4v) is 3.38. The van der Waals surface area contributed by atoms with Crippen molar-refractivity contribution in [3.05, 3.63) is 0 Å². The molecule has 2 rings (SSSR count). The minimum atomic E-state index is 0.241. The summed E-state index contributed by atoms with van der Waals surface area (Å²) in [7, 11) is 0. The van der Waals surface area contributed by atoms with Crippen molar-refractivity contribution in [2.45, 2.75) is 45.6 Å². The van der Waals surface area contributed by atoms with Gasteiger partial charge in [0.15, 0.2) is 0 Å². The fourth-order valence-electron chi connectivity index (χ4n) is 3.38. The summed E-state index contributed by atoms with van der Waals surface area (Å²) in [4.78, 5) is 17.0. The fraction of sp³-hybridized carbons (Fsp3) is 0.933. The second kappa shape index (κ2) is 7.25. The van der Waals surface area contributed by atoms with E-state index in [2.05, 4.69) is 29.0 Å². The summed E-state index contributed by atoms with van der Waals surface area (Å²) in [5.74, 6) is 0.625. The van der Waals surface area contributed by atoms with Gasteiger partial charge in [-0.25, -0.2) is 0 Å². The average molecular weight is 267 g/mol. The van der Waals surface area contributed by atoms with E-state index >= 15 is 0 Å². The summed E-state index contributed by atoms with van der Waals surface area (Å²) in [6.07, 6.45) is 4.48. The second-order valence-corrected chi connectivity index (χ2v) is 5.86. The van der Waals surface area contributed by atoms with Crippen LogP contribution in [0.2, 0.25) is 0 Å². The summed E-state index contributed by atoms with van der Waals surface area (Å²) < 4.78 is 0. The topological polar surface area (TPSA) is 35.6 Å². The molecule has 2 aliphatic rings. The molecule has 0 bridgehead atoms. The van der Waals surface area contributed by atoms with Gasteiger partial charge in [0, 0.05) is 38.1 Å². The predicted octanol–water partition coefficient (Wildman–Crippen LogP) is 1.32. The Hall–Kier alpha value is -0.610. The molecule has 2 fully saturated rings. The first-order chi connectivity index (χ1) is 9.26. The maximum atomic E-state index is 12.3. The zero-order chi connectivity index (χ0) is 13.7. The molecule has 0 spiro atoms. The van der Waals surface area contributed by atoms with E-state index in [1.54, 1.807) is 0 Å². The van der Waals surface area contributed by atoms with Crippen LogP contribution in [0.3, 0.4) is 0 Å². The van der Waals surface area contributed by atoms with Crippen molar-refractivity contribution in [3.63, 3.8) is 0 Å². The second-order valence-electron chi connectivity index (χ2n) is 5.86.